The Hall–Kier alpha value is -3.04. The SMILES string of the molecule is CS(=O)(=O)c1ccc(-c2ccc([C@H](NC(CC(F)F)C(=O)NC3(C#N)CC3)C(F)(F)F)cc2)cc1. The van der Waals surface area contributed by atoms with Gasteiger partial charge in [0.15, 0.2) is 9.84 Å². The number of carbonyl (C=O) groups excluding carboxylic acids is 1. The van der Waals surface area contributed by atoms with Gasteiger partial charge >= 0.3 is 6.18 Å². The fraction of sp³-hybridized carbons (Fsp3) is 0.391. The number of alkyl halides is 5. The van der Waals surface area contributed by atoms with Gasteiger partial charge in [-0.1, -0.05) is 36.4 Å². The standard InChI is InChI=1S/C23H22F5N3O3S/c1-35(33,34)17-8-6-15(7-9-17)14-2-4-16(5-3-14)20(23(26,27)28)30-18(12-19(24)25)21(32)31-22(13-29)10-11-22/h2-9,18-20,30H,10-12H2,1H3,(H,31,32)/t18?,20-/m0/s1. The molecule has 0 saturated heterocycles. The van der Waals surface area contributed by atoms with E-state index in [1.165, 1.54) is 36.4 Å². The van der Waals surface area contributed by atoms with Gasteiger partial charge in [-0.05, 0) is 41.7 Å². The number of halogens is 5. The van der Waals surface area contributed by atoms with Gasteiger partial charge in [0.25, 0.3) is 0 Å². The van der Waals surface area contributed by atoms with Crippen LogP contribution in [-0.4, -0.2) is 44.8 Å². The van der Waals surface area contributed by atoms with E-state index in [2.05, 4.69) is 5.32 Å². The maximum Gasteiger partial charge on any atom is 0.407 e. The minimum absolute atomic E-state index is 0.0897. The molecule has 1 amide bonds. The largest absolute Gasteiger partial charge is 0.407 e. The minimum Gasteiger partial charge on any atom is -0.336 e. The molecule has 0 aromatic heterocycles. The molecule has 2 aromatic carbocycles. The molecule has 2 N–H and O–H groups in total. The maximum absolute atomic E-state index is 13.9. The average molecular weight is 516 g/mol. The summed E-state index contributed by atoms with van der Waals surface area (Å²) in [4.78, 5) is 12.5. The van der Waals surface area contributed by atoms with E-state index in [9.17, 15) is 35.2 Å². The molecule has 3 rings (SSSR count). The molecule has 188 valence electrons. The highest BCUT2D eigenvalue weighted by Crippen LogP contribution is 2.36. The molecule has 2 atom stereocenters. The van der Waals surface area contributed by atoms with Gasteiger partial charge in [-0.25, -0.2) is 17.2 Å². The van der Waals surface area contributed by atoms with Gasteiger partial charge in [0.1, 0.15) is 11.6 Å². The molecule has 1 aliphatic rings. The second-order valence-electron chi connectivity index (χ2n) is 8.42. The van der Waals surface area contributed by atoms with E-state index in [1.807, 2.05) is 11.4 Å². The molecule has 0 bridgehead atoms. The number of rotatable bonds is 9. The van der Waals surface area contributed by atoms with Crippen molar-refractivity contribution in [2.75, 3.05) is 6.26 Å². The number of amides is 1. The van der Waals surface area contributed by atoms with Crippen molar-refractivity contribution in [3.63, 3.8) is 0 Å². The maximum atomic E-state index is 13.9. The lowest BCUT2D eigenvalue weighted by Gasteiger charge is -2.28. The third-order valence-electron chi connectivity index (χ3n) is 5.61. The molecule has 6 nitrogen and oxygen atoms in total. The summed E-state index contributed by atoms with van der Waals surface area (Å²) in [5.74, 6) is -1.10. The van der Waals surface area contributed by atoms with Crippen molar-refractivity contribution in [3.05, 3.63) is 54.1 Å². The lowest BCUT2D eigenvalue weighted by Crippen LogP contribution is -2.52. The zero-order valence-corrected chi connectivity index (χ0v) is 19.3. The summed E-state index contributed by atoms with van der Waals surface area (Å²) in [7, 11) is -3.41. The second-order valence-corrected chi connectivity index (χ2v) is 10.4. The van der Waals surface area contributed by atoms with E-state index in [1.54, 1.807) is 0 Å². The van der Waals surface area contributed by atoms with Crippen molar-refractivity contribution in [2.24, 2.45) is 0 Å². The van der Waals surface area contributed by atoms with E-state index in [4.69, 9.17) is 5.26 Å². The number of nitriles is 1. The number of nitrogens with one attached hydrogen (secondary N) is 2. The van der Waals surface area contributed by atoms with Crippen molar-refractivity contribution in [1.29, 1.82) is 5.26 Å². The molecule has 1 fully saturated rings. The fourth-order valence-electron chi connectivity index (χ4n) is 3.49. The van der Waals surface area contributed by atoms with E-state index < -0.39 is 52.4 Å². The molecule has 0 spiro atoms. The Labute approximate surface area is 199 Å². The molecule has 0 aliphatic heterocycles. The summed E-state index contributed by atoms with van der Waals surface area (Å²) in [6.07, 6.45) is -7.48. The zero-order valence-electron chi connectivity index (χ0n) is 18.4. The second kappa shape index (κ2) is 9.91. The van der Waals surface area contributed by atoms with Gasteiger partial charge in [0.2, 0.25) is 12.3 Å². The van der Waals surface area contributed by atoms with Crippen molar-refractivity contribution in [2.45, 2.75) is 54.4 Å². The first-order chi connectivity index (χ1) is 16.2. The van der Waals surface area contributed by atoms with Gasteiger partial charge in [-0.2, -0.15) is 18.4 Å². The molecular weight excluding hydrogens is 493 g/mol. The molecule has 1 unspecified atom stereocenters. The number of hydrogen-bond donors (Lipinski definition) is 2. The van der Waals surface area contributed by atoms with Crippen LogP contribution in [0.25, 0.3) is 11.1 Å². The molecule has 35 heavy (non-hydrogen) atoms. The van der Waals surface area contributed by atoms with Gasteiger partial charge in [-0.15, -0.1) is 0 Å². The number of carbonyl (C=O) groups is 1. The van der Waals surface area contributed by atoms with E-state index in [0.29, 0.717) is 24.0 Å². The van der Waals surface area contributed by atoms with Crippen LogP contribution in [0.4, 0.5) is 22.0 Å². The highest BCUT2D eigenvalue weighted by Gasteiger charge is 2.47. The molecule has 2 aromatic rings. The smallest absolute Gasteiger partial charge is 0.336 e. The van der Waals surface area contributed by atoms with Crippen LogP contribution in [0.3, 0.4) is 0 Å². The Morgan fingerprint density at radius 2 is 1.57 bits per heavy atom. The van der Waals surface area contributed by atoms with Crippen molar-refractivity contribution < 1.29 is 35.2 Å². The minimum atomic E-state index is -4.91. The lowest BCUT2D eigenvalue weighted by atomic mass is 9.99. The van der Waals surface area contributed by atoms with Crippen molar-refractivity contribution in [1.82, 2.24) is 10.6 Å². The Bertz CT molecular complexity index is 1200. The molecule has 0 radical (unpaired) electrons. The van der Waals surface area contributed by atoms with Crippen LogP contribution < -0.4 is 10.6 Å². The van der Waals surface area contributed by atoms with E-state index >= 15 is 0 Å². The molecule has 0 heterocycles. The third kappa shape index (κ3) is 6.76. The van der Waals surface area contributed by atoms with Crippen molar-refractivity contribution >= 4 is 15.7 Å². The summed E-state index contributed by atoms with van der Waals surface area (Å²) in [6.45, 7) is 0. The average Bonchev–Trinajstić information content (AvgIpc) is 3.55. The predicted molar refractivity (Wildman–Crippen MR) is 117 cm³/mol. The summed E-state index contributed by atoms with van der Waals surface area (Å²) >= 11 is 0. The Balaban J connectivity index is 1.84. The van der Waals surface area contributed by atoms with Crippen LogP contribution in [-0.2, 0) is 14.6 Å². The van der Waals surface area contributed by atoms with E-state index in [-0.39, 0.29) is 10.5 Å². The third-order valence-corrected chi connectivity index (χ3v) is 6.74. The van der Waals surface area contributed by atoms with Gasteiger partial charge in [0, 0.05) is 12.7 Å². The molecule has 12 heteroatoms. The quantitative estimate of drug-likeness (QED) is 0.489. The monoisotopic (exact) mass is 515 g/mol. The molecule has 1 saturated carbocycles. The normalized spacial score (nSPS) is 16.9. The van der Waals surface area contributed by atoms with E-state index in [0.717, 1.165) is 18.4 Å². The summed E-state index contributed by atoms with van der Waals surface area (Å²) in [5.41, 5.74) is -0.466. The zero-order chi connectivity index (χ0) is 26.0. The van der Waals surface area contributed by atoms with Crippen LogP contribution in [0.1, 0.15) is 30.9 Å². The highest BCUT2D eigenvalue weighted by atomic mass is 32.2. The Morgan fingerprint density at radius 1 is 1.06 bits per heavy atom. The number of sulfone groups is 1. The number of nitrogens with zero attached hydrogens (tertiary/aromatic N) is 1. The predicted octanol–water partition coefficient (Wildman–Crippen LogP) is 4.15. The summed E-state index contributed by atoms with van der Waals surface area (Å²) in [6, 6.07) is 8.37. The summed E-state index contributed by atoms with van der Waals surface area (Å²) < 4.78 is 90.9. The van der Waals surface area contributed by atoms with Crippen molar-refractivity contribution in [3.8, 4) is 17.2 Å². The van der Waals surface area contributed by atoms with Gasteiger partial charge < -0.3 is 5.32 Å². The van der Waals surface area contributed by atoms with Crippen LogP contribution in [0.15, 0.2) is 53.4 Å². The molecule has 1 aliphatic carbocycles. The van der Waals surface area contributed by atoms with Crippen LogP contribution in [0.2, 0.25) is 0 Å². The van der Waals surface area contributed by atoms with Crippen LogP contribution >= 0.6 is 0 Å². The van der Waals surface area contributed by atoms with Gasteiger partial charge in [0.05, 0.1) is 17.0 Å². The summed E-state index contributed by atoms with van der Waals surface area (Å²) in [5, 5.41) is 13.4. The lowest BCUT2D eigenvalue weighted by molar-refractivity contribution is -0.161. The van der Waals surface area contributed by atoms with Crippen LogP contribution in [0.5, 0.6) is 0 Å². The first-order valence-corrected chi connectivity index (χ1v) is 12.4. The highest BCUT2D eigenvalue weighted by molar-refractivity contribution is 7.90. The topological polar surface area (TPSA) is 99.1 Å². The number of hydrogen-bond acceptors (Lipinski definition) is 5. The molecular formula is C23H22F5N3O3S. The van der Waals surface area contributed by atoms with Crippen LogP contribution in [0, 0.1) is 11.3 Å². The first-order valence-electron chi connectivity index (χ1n) is 10.5. The fourth-order valence-corrected chi connectivity index (χ4v) is 4.12. The van der Waals surface area contributed by atoms with Gasteiger partial charge in [-0.3, -0.25) is 10.1 Å². The first kappa shape index (κ1) is 26.6. The Morgan fingerprint density at radius 3 is 1.97 bits per heavy atom. The Kier molecular flexibility index (Phi) is 7.52. The number of benzene rings is 2.